The highest BCUT2D eigenvalue weighted by atomic mass is 35.5. The molecule has 9 heteroatoms. The van der Waals surface area contributed by atoms with Gasteiger partial charge in [0, 0.05) is 44.0 Å². The van der Waals surface area contributed by atoms with Crippen molar-refractivity contribution in [3.05, 3.63) is 23.8 Å². The maximum absolute atomic E-state index is 13.3. The van der Waals surface area contributed by atoms with Gasteiger partial charge in [0.2, 0.25) is 5.91 Å². The molecule has 1 aliphatic heterocycles. The normalized spacial score (nSPS) is 19.0. The number of aliphatic hydroxyl groups is 1. The number of nitrogens with two attached hydrogens (primary N) is 1. The number of benzene rings is 1. The molecule has 1 aliphatic rings. The Hall–Kier alpha value is -1.58. The van der Waals surface area contributed by atoms with Crippen LogP contribution in [-0.2, 0) is 16.0 Å². The number of halogens is 1. The van der Waals surface area contributed by atoms with Crippen molar-refractivity contribution < 1.29 is 24.1 Å². The third-order valence-electron chi connectivity index (χ3n) is 8.21. The fourth-order valence-electron chi connectivity index (χ4n) is 5.57. The lowest BCUT2D eigenvalue weighted by Crippen LogP contribution is -2.54. The van der Waals surface area contributed by atoms with Crippen molar-refractivity contribution in [3.8, 4) is 11.5 Å². The van der Waals surface area contributed by atoms with Crippen LogP contribution in [0.5, 0.6) is 11.5 Å². The first-order chi connectivity index (χ1) is 18.4. The van der Waals surface area contributed by atoms with Crippen LogP contribution in [0, 0.1) is 17.3 Å². The van der Waals surface area contributed by atoms with Crippen LogP contribution < -0.4 is 15.2 Å². The number of methoxy groups -OCH3 is 2. The lowest BCUT2D eigenvalue weighted by molar-refractivity contribution is -0.141. The molecule has 3 N–H and O–H groups in total. The minimum atomic E-state index is -0.928. The molecule has 0 aliphatic carbocycles. The first-order valence-electron chi connectivity index (χ1n) is 14.3. The van der Waals surface area contributed by atoms with E-state index in [1.807, 2.05) is 32.0 Å². The molecule has 0 aromatic heterocycles. The van der Waals surface area contributed by atoms with Crippen LogP contribution in [0.2, 0.25) is 0 Å². The van der Waals surface area contributed by atoms with Crippen LogP contribution in [-0.4, -0.2) is 86.1 Å². The number of likely N-dealkylation sites (tertiary alicyclic amines) is 1. The maximum Gasteiger partial charge on any atom is 0.244 e. The van der Waals surface area contributed by atoms with Gasteiger partial charge >= 0.3 is 0 Å². The van der Waals surface area contributed by atoms with Crippen LogP contribution in [0.1, 0.15) is 65.4 Å². The molecular formula is C30H52ClN3O5. The van der Waals surface area contributed by atoms with Crippen molar-refractivity contribution in [1.82, 2.24) is 9.32 Å². The predicted molar refractivity (Wildman–Crippen MR) is 157 cm³/mol. The van der Waals surface area contributed by atoms with Crippen LogP contribution in [0.4, 0.5) is 0 Å². The zero-order valence-electron chi connectivity index (χ0n) is 25.1. The molecule has 0 saturated carbocycles. The molecule has 0 spiro atoms. The zero-order chi connectivity index (χ0) is 29.2. The summed E-state index contributed by atoms with van der Waals surface area (Å²) in [7, 11) is 5.37. The van der Waals surface area contributed by atoms with Crippen molar-refractivity contribution in [1.29, 1.82) is 0 Å². The Morgan fingerprint density at radius 1 is 1.23 bits per heavy atom. The van der Waals surface area contributed by atoms with Crippen LogP contribution in [0.15, 0.2) is 18.2 Å². The molecule has 0 radical (unpaired) electrons. The van der Waals surface area contributed by atoms with Gasteiger partial charge in [0.25, 0.3) is 0 Å². The Labute approximate surface area is 241 Å². The highest BCUT2D eigenvalue weighted by molar-refractivity contribution is 6.22. The Balaban J connectivity index is 2.01. The lowest BCUT2D eigenvalue weighted by atomic mass is 9.78. The number of carbonyl (C=O) groups excluding carboxylic acids is 1. The number of hydrogen-bond acceptors (Lipinski definition) is 7. The smallest absolute Gasteiger partial charge is 0.244 e. The van der Waals surface area contributed by atoms with E-state index in [0.29, 0.717) is 37.1 Å². The first kappa shape index (κ1) is 33.6. The number of nitrogens with zero attached hydrogens (tertiary/aromatic N) is 2. The molecule has 2 rings (SSSR count). The Morgan fingerprint density at radius 3 is 2.56 bits per heavy atom. The lowest BCUT2D eigenvalue weighted by Gasteiger charge is -2.43. The van der Waals surface area contributed by atoms with Crippen molar-refractivity contribution in [2.45, 2.75) is 84.4 Å². The molecular weight excluding hydrogens is 518 g/mol. The van der Waals surface area contributed by atoms with Crippen LogP contribution in [0.3, 0.4) is 0 Å². The minimum absolute atomic E-state index is 0.00572. The monoisotopic (exact) mass is 569 g/mol. The van der Waals surface area contributed by atoms with Gasteiger partial charge < -0.3 is 30.0 Å². The Kier molecular flexibility index (Phi) is 13.8. The van der Waals surface area contributed by atoms with Crippen molar-refractivity contribution in [2.75, 3.05) is 47.6 Å². The quantitative estimate of drug-likeness (QED) is 0.223. The van der Waals surface area contributed by atoms with E-state index >= 15 is 0 Å². The summed E-state index contributed by atoms with van der Waals surface area (Å²) in [6.07, 6.45) is 4.45. The molecule has 0 bridgehead atoms. The van der Waals surface area contributed by atoms with E-state index in [1.165, 1.54) is 0 Å². The van der Waals surface area contributed by atoms with E-state index in [9.17, 15) is 9.90 Å². The molecule has 224 valence electrons. The Morgan fingerprint density at radius 2 is 1.95 bits per heavy atom. The molecule has 1 fully saturated rings. The van der Waals surface area contributed by atoms with Gasteiger partial charge in [-0.3, -0.25) is 9.21 Å². The van der Waals surface area contributed by atoms with Crippen molar-refractivity contribution in [2.24, 2.45) is 23.0 Å². The molecule has 1 aromatic carbocycles. The summed E-state index contributed by atoms with van der Waals surface area (Å²) in [6.45, 7) is 10.4. The van der Waals surface area contributed by atoms with Gasteiger partial charge in [-0.15, -0.1) is 0 Å². The van der Waals surface area contributed by atoms with Gasteiger partial charge in [0.1, 0.15) is 0 Å². The molecule has 1 amide bonds. The second-order valence-electron chi connectivity index (χ2n) is 11.9. The Bertz CT molecular complexity index is 884. The number of hydrogen-bond donors (Lipinski definition) is 2. The number of ether oxygens (including phenoxy) is 3. The largest absolute Gasteiger partial charge is 0.493 e. The summed E-state index contributed by atoms with van der Waals surface area (Å²) >= 11 is 6.47. The fourth-order valence-corrected chi connectivity index (χ4v) is 5.93. The molecule has 4 atom stereocenters. The third kappa shape index (κ3) is 9.78. The van der Waals surface area contributed by atoms with Gasteiger partial charge in [-0.1, -0.05) is 26.3 Å². The average molecular weight is 570 g/mol. The fraction of sp³-hybridized carbons (Fsp3) is 0.767. The number of amides is 1. The standard InChI is InChI=1S/C30H52ClN3O5/c1-21(2)23(17-22-12-13-26(38-7)27(18-22)39-16-10-15-37-6)19-24(32)25(35)20-34(31)29(36)30(3,4)28-11-8-9-14-33(28)5/h12-13,18,21,23-25,28,35H,8-11,14-17,19-20,32H2,1-7H3/t23-,24-,25-,28?/m0/s1. The molecule has 39 heavy (non-hydrogen) atoms. The van der Waals surface area contributed by atoms with Crippen LogP contribution >= 0.6 is 11.8 Å². The van der Waals surface area contributed by atoms with Crippen LogP contribution in [0.25, 0.3) is 0 Å². The number of rotatable bonds is 16. The first-order valence-corrected chi connectivity index (χ1v) is 14.7. The molecule has 1 saturated heterocycles. The van der Waals surface area contributed by atoms with Gasteiger partial charge in [-0.05, 0) is 82.7 Å². The van der Waals surface area contributed by atoms with Crippen molar-refractivity contribution >= 4 is 17.7 Å². The van der Waals surface area contributed by atoms with E-state index < -0.39 is 17.6 Å². The third-order valence-corrected chi connectivity index (χ3v) is 8.50. The topological polar surface area (TPSA) is 97.5 Å². The summed E-state index contributed by atoms with van der Waals surface area (Å²) in [5.74, 6) is 1.78. The van der Waals surface area contributed by atoms with E-state index in [1.54, 1.807) is 14.2 Å². The second kappa shape index (κ2) is 16.0. The number of aliphatic hydroxyl groups excluding tert-OH is 1. The number of carbonyl (C=O) groups is 1. The average Bonchev–Trinajstić information content (AvgIpc) is 2.90. The van der Waals surface area contributed by atoms with Gasteiger partial charge in [0.15, 0.2) is 11.5 Å². The van der Waals surface area contributed by atoms with E-state index in [4.69, 9.17) is 31.7 Å². The molecule has 1 aromatic rings. The summed E-state index contributed by atoms with van der Waals surface area (Å²) in [6, 6.07) is 5.59. The van der Waals surface area contributed by atoms with E-state index in [0.717, 1.165) is 48.6 Å². The van der Waals surface area contributed by atoms with Gasteiger partial charge in [0.05, 0.1) is 31.8 Å². The molecule has 8 nitrogen and oxygen atoms in total. The van der Waals surface area contributed by atoms with E-state index in [-0.39, 0.29) is 24.4 Å². The highest BCUT2D eigenvalue weighted by Crippen LogP contribution is 2.34. The van der Waals surface area contributed by atoms with E-state index in [2.05, 4.69) is 25.8 Å². The SMILES string of the molecule is COCCCOc1cc(C[C@@H](C[C@H](N)[C@@H](O)CN(Cl)C(=O)C(C)(C)C2CCCCN2C)C(C)C)ccc1OC. The summed E-state index contributed by atoms with van der Waals surface area (Å²) in [5.41, 5.74) is 6.95. The zero-order valence-corrected chi connectivity index (χ0v) is 25.9. The summed E-state index contributed by atoms with van der Waals surface area (Å²) < 4.78 is 17.7. The summed E-state index contributed by atoms with van der Waals surface area (Å²) in [5, 5.41) is 11.0. The maximum atomic E-state index is 13.3. The summed E-state index contributed by atoms with van der Waals surface area (Å²) in [4.78, 5) is 15.6. The number of piperidine rings is 1. The van der Waals surface area contributed by atoms with Crippen molar-refractivity contribution in [3.63, 3.8) is 0 Å². The minimum Gasteiger partial charge on any atom is -0.493 e. The predicted octanol–water partition coefficient (Wildman–Crippen LogP) is 4.50. The highest BCUT2D eigenvalue weighted by Gasteiger charge is 2.42. The van der Waals surface area contributed by atoms with Gasteiger partial charge in [-0.2, -0.15) is 0 Å². The molecule has 1 heterocycles. The second-order valence-corrected chi connectivity index (χ2v) is 12.3. The molecule has 1 unspecified atom stereocenters. The van der Waals surface area contributed by atoms with Gasteiger partial charge in [-0.25, -0.2) is 0 Å².